The number of carbonyl (C=O) groups excluding carboxylic acids is 1. The number of nitrogens with zero attached hydrogens (tertiary/aromatic N) is 6. The van der Waals surface area contributed by atoms with Gasteiger partial charge >= 0.3 is 0 Å². The summed E-state index contributed by atoms with van der Waals surface area (Å²) in [6.07, 6.45) is 3.86. The van der Waals surface area contributed by atoms with E-state index in [2.05, 4.69) is 42.8 Å². The Kier molecular flexibility index (Phi) is 5.37. The molecule has 4 aromatic heterocycles. The largest absolute Gasteiger partial charge is 0.361 e. The van der Waals surface area contributed by atoms with Crippen molar-refractivity contribution in [3.63, 3.8) is 0 Å². The minimum absolute atomic E-state index is 0.0426. The van der Waals surface area contributed by atoms with Gasteiger partial charge in [-0.25, -0.2) is 4.68 Å². The van der Waals surface area contributed by atoms with Gasteiger partial charge in [0.25, 0.3) is 0 Å². The average molecular weight is 443 g/mol. The Bertz CT molecular complexity index is 1460. The van der Waals surface area contributed by atoms with E-state index < -0.39 is 0 Å². The van der Waals surface area contributed by atoms with E-state index in [1.54, 1.807) is 4.52 Å². The lowest BCUT2D eigenvalue weighted by Gasteiger charge is -2.07. The molecule has 0 unspecified atom stereocenters. The number of aromatic amines is 1. The summed E-state index contributed by atoms with van der Waals surface area (Å²) in [5.74, 6) is 1.46. The minimum atomic E-state index is 0.0426. The Morgan fingerprint density at radius 2 is 1.88 bits per heavy atom. The first-order valence-electron chi connectivity index (χ1n) is 11.1. The van der Waals surface area contributed by atoms with E-state index >= 15 is 0 Å². The molecule has 0 aliphatic carbocycles. The van der Waals surface area contributed by atoms with Crippen LogP contribution in [0.2, 0.25) is 0 Å². The van der Waals surface area contributed by atoms with Gasteiger partial charge in [-0.1, -0.05) is 18.2 Å². The van der Waals surface area contributed by atoms with Crippen LogP contribution in [-0.2, 0) is 17.6 Å². The summed E-state index contributed by atoms with van der Waals surface area (Å²) in [4.78, 5) is 15.8. The molecule has 0 saturated carbocycles. The molecule has 0 atom stereocenters. The van der Waals surface area contributed by atoms with E-state index in [0.29, 0.717) is 30.9 Å². The van der Waals surface area contributed by atoms with Crippen LogP contribution < -0.4 is 5.32 Å². The van der Waals surface area contributed by atoms with Crippen molar-refractivity contribution in [3.05, 3.63) is 70.9 Å². The predicted octanol–water partition coefficient (Wildman–Crippen LogP) is 3.01. The van der Waals surface area contributed by atoms with Crippen LogP contribution in [0.5, 0.6) is 0 Å². The second-order valence-corrected chi connectivity index (χ2v) is 8.23. The Labute approximate surface area is 190 Å². The highest BCUT2D eigenvalue weighted by atomic mass is 16.1. The lowest BCUT2D eigenvalue weighted by molar-refractivity contribution is -0.121. The van der Waals surface area contributed by atoms with Gasteiger partial charge in [-0.05, 0) is 62.9 Å². The van der Waals surface area contributed by atoms with Crippen LogP contribution in [0.4, 0.5) is 0 Å². The van der Waals surface area contributed by atoms with Gasteiger partial charge in [0.2, 0.25) is 5.91 Å². The lowest BCUT2D eigenvalue weighted by atomic mass is 10.1. The van der Waals surface area contributed by atoms with Crippen LogP contribution in [0.15, 0.2) is 42.6 Å². The van der Waals surface area contributed by atoms with Crippen LogP contribution in [0.3, 0.4) is 0 Å². The number of amides is 1. The van der Waals surface area contributed by atoms with Crippen LogP contribution >= 0.6 is 0 Å². The Morgan fingerprint density at radius 3 is 2.76 bits per heavy atom. The standard InChI is InChI=1S/C24H26N8O/c1-15-19(16(2)31(29-15)23-10-9-22-28-27-17(3)32(22)30-23)8-11-24(33)25-13-12-18-14-26-21-7-5-4-6-20(18)21/h4-7,9-10,14,26H,8,11-13H2,1-3H3,(H,25,33). The highest BCUT2D eigenvalue weighted by molar-refractivity contribution is 5.83. The summed E-state index contributed by atoms with van der Waals surface area (Å²) in [6.45, 7) is 6.45. The van der Waals surface area contributed by atoms with Gasteiger partial charge in [-0.15, -0.1) is 15.3 Å². The second kappa shape index (κ2) is 8.50. The Morgan fingerprint density at radius 1 is 1.03 bits per heavy atom. The zero-order valence-electron chi connectivity index (χ0n) is 19.0. The number of para-hydroxylation sites is 1. The molecule has 5 aromatic rings. The van der Waals surface area contributed by atoms with Gasteiger partial charge in [0.15, 0.2) is 17.3 Å². The van der Waals surface area contributed by atoms with Crippen LogP contribution in [-0.4, -0.2) is 47.0 Å². The zero-order chi connectivity index (χ0) is 22.9. The molecular formula is C24H26N8O. The van der Waals surface area contributed by atoms with E-state index in [1.165, 1.54) is 10.9 Å². The normalized spacial score (nSPS) is 11.5. The van der Waals surface area contributed by atoms with Crippen molar-refractivity contribution in [1.82, 2.24) is 39.9 Å². The molecule has 1 aromatic carbocycles. The van der Waals surface area contributed by atoms with E-state index in [1.807, 2.05) is 55.9 Å². The molecule has 0 radical (unpaired) electrons. The fourth-order valence-corrected chi connectivity index (χ4v) is 4.26. The van der Waals surface area contributed by atoms with Crippen molar-refractivity contribution in [1.29, 1.82) is 0 Å². The van der Waals surface area contributed by atoms with Gasteiger partial charge < -0.3 is 10.3 Å². The van der Waals surface area contributed by atoms with Crippen LogP contribution in [0, 0.1) is 20.8 Å². The van der Waals surface area contributed by atoms with Crippen molar-refractivity contribution in [2.75, 3.05) is 6.54 Å². The molecule has 0 spiro atoms. The molecule has 0 aliphatic rings. The maximum atomic E-state index is 12.5. The molecule has 4 heterocycles. The van der Waals surface area contributed by atoms with Gasteiger partial charge in [0.1, 0.15) is 0 Å². The summed E-state index contributed by atoms with van der Waals surface area (Å²) in [5, 5.41) is 21.7. The van der Waals surface area contributed by atoms with Gasteiger partial charge in [-0.2, -0.15) is 9.61 Å². The van der Waals surface area contributed by atoms with E-state index in [9.17, 15) is 4.79 Å². The first-order valence-corrected chi connectivity index (χ1v) is 11.1. The Balaban J connectivity index is 1.22. The quantitative estimate of drug-likeness (QED) is 0.403. The molecule has 5 rings (SSSR count). The maximum Gasteiger partial charge on any atom is 0.220 e. The number of hydrogen-bond donors (Lipinski definition) is 2. The lowest BCUT2D eigenvalue weighted by Crippen LogP contribution is -2.25. The smallest absolute Gasteiger partial charge is 0.220 e. The number of rotatable bonds is 7. The number of hydrogen-bond acceptors (Lipinski definition) is 5. The third-order valence-electron chi connectivity index (χ3n) is 6.06. The number of nitrogens with one attached hydrogen (secondary N) is 2. The summed E-state index contributed by atoms with van der Waals surface area (Å²) < 4.78 is 3.52. The topological polar surface area (TPSA) is 106 Å². The van der Waals surface area contributed by atoms with Crippen molar-refractivity contribution >= 4 is 22.5 Å². The maximum absolute atomic E-state index is 12.5. The predicted molar refractivity (Wildman–Crippen MR) is 125 cm³/mol. The highest BCUT2D eigenvalue weighted by Crippen LogP contribution is 2.19. The number of benzene rings is 1. The monoisotopic (exact) mass is 442 g/mol. The van der Waals surface area contributed by atoms with Gasteiger partial charge in [-0.3, -0.25) is 4.79 Å². The minimum Gasteiger partial charge on any atom is -0.361 e. The van der Waals surface area contributed by atoms with Crippen LogP contribution in [0.1, 0.15) is 34.8 Å². The summed E-state index contributed by atoms with van der Waals surface area (Å²) in [6, 6.07) is 12.0. The first kappa shape index (κ1) is 20.9. The van der Waals surface area contributed by atoms with Crippen molar-refractivity contribution in [3.8, 4) is 5.82 Å². The molecule has 1 amide bonds. The van der Waals surface area contributed by atoms with Crippen LogP contribution in [0.25, 0.3) is 22.4 Å². The SMILES string of the molecule is Cc1nn(-c2ccc3nnc(C)n3n2)c(C)c1CCC(=O)NCCc1c[nH]c2ccccc12. The molecule has 9 nitrogen and oxygen atoms in total. The molecular weight excluding hydrogens is 416 g/mol. The molecule has 9 heteroatoms. The Hall–Kier alpha value is -4.01. The average Bonchev–Trinajstić information content (AvgIpc) is 3.48. The third kappa shape index (κ3) is 3.97. The first-order chi connectivity index (χ1) is 16.0. The molecule has 168 valence electrons. The third-order valence-corrected chi connectivity index (χ3v) is 6.06. The fraction of sp³-hybridized carbons (Fsp3) is 0.292. The molecule has 33 heavy (non-hydrogen) atoms. The number of fused-ring (bicyclic) bond motifs is 2. The summed E-state index contributed by atoms with van der Waals surface area (Å²) >= 11 is 0. The molecule has 0 aliphatic heterocycles. The summed E-state index contributed by atoms with van der Waals surface area (Å²) in [7, 11) is 0. The fourth-order valence-electron chi connectivity index (χ4n) is 4.26. The van der Waals surface area contributed by atoms with Crippen molar-refractivity contribution in [2.45, 2.75) is 40.0 Å². The number of aryl methyl sites for hydroxylation is 2. The van der Waals surface area contributed by atoms with E-state index in [-0.39, 0.29) is 5.91 Å². The number of H-pyrrole nitrogens is 1. The van der Waals surface area contributed by atoms with Crippen molar-refractivity contribution < 1.29 is 4.79 Å². The van der Waals surface area contributed by atoms with Gasteiger partial charge in [0.05, 0.1) is 5.69 Å². The highest BCUT2D eigenvalue weighted by Gasteiger charge is 2.16. The second-order valence-electron chi connectivity index (χ2n) is 8.23. The van der Waals surface area contributed by atoms with E-state index in [0.717, 1.165) is 34.7 Å². The number of carbonyl (C=O) groups is 1. The molecule has 0 bridgehead atoms. The number of aromatic nitrogens is 7. The molecule has 0 saturated heterocycles. The van der Waals surface area contributed by atoms with E-state index in [4.69, 9.17) is 0 Å². The zero-order valence-corrected chi connectivity index (χ0v) is 19.0. The molecule has 0 fully saturated rings. The summed E-state index contributed by atoms with van der Waals surface area (Å²) in [5.41, 5.74) is 5.99. The van der Waals surface area contributed by atoms with Gasteiger partial charge in [0, 0.05) is 35.8 Å². The van der Waals surface area contributed by atoms with Crippen molar-refractivity contribution in [2.24, 2.45) is 0 Å². The molecule has 2 N–H and O–H groups in total.